The van der Waals surface area contributed by atoms with Gasteiger partial charge < -0.3 is 0 Å². The molecule has 62 heavy (non-hydrogen) atoms. The number of benzene rings is 9. The lowest BCUT2D eigenvalue weighted by Crippen LogP contribution is -2.10. The smallest absolute Gasteiger partial charge is 0.240 e. The van der Waals surface area contributed by atoms with Gasteiger partial charge in [-0.1, -0.05) is 200 Å². The van der Waals surface area contributed by atoms with Crippen molar-refractivity contribution in [1.82, 2.24) is 24.1 Å². The molecular formula is C57H37N5. The zero-order chi connectivity index (χ0) is 41.0. The molecule has 3 aromatic heterocycles. The van der Waals surface area contributed by atoms with Crippen LogP contribution in [0.15, 0.2) is 224 Å². The number of nitrogens with zero attached hydrogens (tertiary/aromatic N) is 5. The van der Waals surface area contributed by atoms with Gasteiger partial charge in [-0.15, -0.1) is 0 Å². The Kier molecular flexibility index (Phi) is 8.42. The molecule has 290 valence electrons. The second-order valence-electron chi connectivity index (χ2n) is 15.5. The molecule has 0 radical (unpaired) electrons. The van der Waals surface area contributed by atoms with Crippen LogP contribution < -0.4 is 0 Å². The molecule has 0 saturated carbocycles. The molecule has 0 saturated heterocycles. The maximum absolute atomic E-state index is 5.44. The van der Waals surface area contributed by atoms with Crippen LogP contribution in [0.3, 0.4) is 0 Å². The van der Waals surface area contributed by atoms with E-state index in [2.05, 4.69) is 234 Å². The van der Waals surface area contributed by atoms with E-state index < -0.39 is 0 Å². The largest absolute Gasteiger partial charge is 0.278 e. The van der Waals surface area contributed by atoms with Crippen LogP contribution in [-0.4, -0.2) is 24.1 Å². The van der Waals surface area contributed by atoms with Crippen LogP contribution in [0.5, 0.6) is 0 Å². The summed E-state index contributed by atoms with van der Waals surface area (Å²) in [5.74, 6) is 1.69. The summed E-state index contributed by atoms with van der Waals surface area (Å²) in [6.07, 6.45) is 0. The van der Waals surface area contributed by atoms with Gasteiger partial charge in [0.2, 0.25) is 11.9 Å². The Morgan fingerprint density at radius 1 is 0.226 bits per heavy atom. The summed E-state index contributed by atoms with van der Waals surface area (Å²) in [6, 6.07) is 79.3. The molecule has 0 N–H and O–H groups in total. The van der Waals surface area contributed by atoms with Crippen molar-refractivity contribution in [2.24, 2.45) is 0 Å². The Balaban J connectivity index is 1.11. The number of rotatable bonds is 7. The molecular weight excluding hydrogens is 755 g/mol. The van der Waals surface area contributed by atoms with E-state index in [1.165, 1.54) is 22.3 Å². The second kappa shape index (κ2) is 14.7. The first-order chi connectivity index (χ1) is 30.8. The molecule has 0 bridgehead atoms. The van der Waals surface area contributed by atoms with Gasteiger partial charge in [0.15, 0.2) is 5.82 Å². The zero-order valence-electron chi connectivity index (χ0n) is 33.6. The van der Waals surface area contributed by atoms with E-state index in [0.717, 1.165) is 71.4 Å². The molecule has 0 aliphatic carbocycles. The van der Waals surface area contributed by atoms with Crippen LogP contribution in [0.4, 0.5) is 0 Å². The third kappa shape index (κ3) is 5.75. The second-order valence-corrected chi connectivity index (χ2v) is 15.5. The van der Waals surface area contributed by atoms with E-state index in [0.29, 0.717) is 17.7 Å². The minimum Gasteiger partial charge on any atom is -0.278 e. The van der Waals surface area contributed by atoms with Gasteiger partial charge in [0.25, 0.3) is 0 Å². The van der Waals surface area contributed by atoms with Crippen molar-refractivity contribution in [2.75, 3.05) is 0 Å². The summed E-state index contributed by atoms with van der Waals surface area (Å²) in [5, 5.41) is 4.58. The van der Waals surface area contributed by atoms with Gasteiger partial charge >= 0.3 is 0 Å². The number of hydrogen-bond donors (Lipinski definition) is 0. The summed E-state index contributed by atoms with van der Waals surface area (Å²) >= 11 is 0. The molecule has 0 spiro atoms. The van der Waals surface area contributed by atoms with E-state index in [-0.39, 0.29) is 0 Å². The highest BCUT2D eigenvalue weighted by atomic mass is 15.3. The summed E-state index contributed by atoms with van der Waals surface area (Å²) in [4.78, 5) is 16.3. The molecule has 0 aliphatic heterocycles. The minimum atomic E-state index is 0.551. The number of para-hydroxylation sites is 4. The highest BCUT2D eigenvalue weighted by Gasteiger charge is 2.23. The van der Waals surface area contributed by atoms with E-state index in [1.54, 1.807) is 0 Å². The molecule has 5 nitrogen and oxygen atoms in total. The monoisotopic (exact) mass is 791 g/mol. The van der Waals surface area contributed by atoms with Crippen LogP contribution in [0.1, 0.15) is 0 Å². The predicted molar refractivity (Wildman–Crippen MR) is 256 cm³/mol. The molecule has 12 rings (SSSR count). The Morgan fingerprint density at radius 3 is 0.887 bits per heavy atom. The molecule has 0 unspecified atom stereocenters. The van der Waals surface area contributed by atoms with Crippen molar-refractivity contribution in [3.63, 3.8) is 0 Å². The van der Waals surface area contributed by atoms with Crippen molar-refractivity contribution in [3.05, 3.63) is 224 Å². The molecule has 9 aromatic carbocycles. The molecule has 0 amide bonds. The van der Waals surface area contributed by atoms with Gasteiger partial charge in [-0.3, -0.25) is 9.13 Å². The van der Waals surface area contributed by atoms with Crippen LogP contribution in [0, 0.1) is 0 Å². The molecule has 0 aliphatic rings. The fourth-order valence-electron chi connectivity index (χ4n) is 9.36. The Bertz CT molecular complexity index is 3410. The fraction of sp³-hybridized carbons (Fsp3) is 0. The van der Waals surface area contributed by atoms with Gasteiger partial charge in [-0.05, 0) is 68.8 Å². The van der Waals surface area contributed by atoms with Gasteiger partial charge in [0, 0.05) is 27.1 Å². The Labute approximate surface area is 358 Å². The molecule has 12 aromatic rings. The lowest BCUT2D eigenvalue weighted by atomic mass is 9.86. The first kappa shape index (κ1) is 35.5. The van der Waals surface area contributed by atoms with E-state index in [4.69, 9.17) is 15.0 Å². The van der Waals surface area contributed by atoms with Crippen molar-refractivity contribution in [3.8, 4) is 67.8 Å². The lowest BCUT2D eigenvalue weighted by molar-refractivity contribution is 0.893. The number of fused-ring (bicyclic) bond motifs is 6. The van der Waals surface area contributed by atoms with E-state index in [9.17, 15) is 0 Å². The van der Waals surface area contributed by atoms with Crippen molar-refractivity contribution >= 4 is 43.6 Å². The number of aromatic nitrogens is 5. The van der Waals surface area contributed by atoms with Gasteiger partial charge in [0.1, 0.15) is 0 Å². The van der Waals surface area contributed by atoms with Crippen LogP contribution in [0.2, 0.25) is 0 Å². The normalized spacial score (nSPS) is 11.5. The van der Waals surface area contributed by atoms with Gasteiger partial charge in [-0.2, -0.15) is 15.0 Å². The average molecular weight is 792 g/mol. The predicted octanol–water partition coefficient (Wildman–Crippen LogP) is 14.4. The Hall–Kier alpha value is -8.41. The minimum absolute atomic E-state index is 0.551. The SMILES string of the molecule is c1ccc(-c2ccccc2-c2ccccc2-c2ccccc2-c2ccccc2-c2nc(-n3c4ccccc4c4ccccc43)nc(-n3c4ccccc4c4ccccc43)n2)cc1. The van der Waals surface area contributed by atoms with Crippen molar-refractivity contribution in [2.45, 2.75) is 0 Å². The van der Waals surface area contributed by atoms with Gasteiger partial charge in [0.05, 0.1) is 22.1 Å². The fourth-order valence-corrected chi connectivity index (χ4v) is 9.36. The molecule has 0 atom stereocenters. The summed E-state index contributed by atoms with van der Waals surface area (Å²) in [6.45, 7) is 0. The van der Waals surface area contributed by atoms with Gasteiger partial charge in [-0.25, -0.2) is 0 Å². The highest BCUT2D eigenvalue weighted by Crippen LogP contribution is 2.44. The zero-order valence-corrected chi connectivity index (χ0v) is 33.6. The van der Waals surface area contributed by atoms with E-state index >= 15 is 0 Å². The first-order valence-electron chi connectivity index (χ1n) is 21.0. The maximum atomic E-state index is 5.44. The van der Waals surface area contributed by atoms with Crippen molar-refractivity contribution < 1.29 is 0 Å². The quantitative estimate of drug-likeness (QED) is 0.162. The third-order valence-corrected chi connectivity index (χ3v) is 12.1. The Morgan fingerprint density at radius 2 is 0.500 bits per heavy atom. The third-order valence-electron chi connectivity index (χ3n) is 12.1. The first-order valence-corrected chi connectivity index (χ1v) is 21.0. The maximum Gasteiger partial charge on any atom is 0.240 e. The molecule has 0 fully saturated rings. The van der Waals surface area contributed by atoms with Crippen LogP contribution >= 0.6 is 0 Å². The highest BCUT2D eigenvalue weighted by molar-refractivity contribution is 6.10. The molecule has 5 heteroatoms. The summed E-state index contributed by atoms with van der Waals surface area (Å²) in [5.41, 5.74) is 14.2. The summed E-state index contributed by atoms with van der Waals surface area (Å²) in [7, 11) is 0. The van der Waals surface area contributed by atoms with Crippen molar-refractivity contribution in [1.29, 1.82) is 0 Å². The topological polar surface area (TPSA) is 48.5 Å². The lowest BCUT2D eigenvalue weighted by Gasteiger charge is -2.19. The van der Waals surface area contributed by atoms with E-state index in [1.807, 2.05) is 0 Å². The number of hydrogen-bond acceptors (Lipinski definition) is 3. The van der Waals surface area contributed by atoms with Crippen LogP contribution in [-0.2, 0) is 0 Å². The molecule has 3 heterocycles. The standard InChI is InChI=1S/C57H37N5/c1-2-20-38(21-3-1)39-22-4-5-23-40(39)41-24-6-7-25-42(41)43-26-8-9-27-44(43)45-28-10-11-33-50(45)55-58-56(61-51-34-16-12-29-46(51)47-30-13-17-35-52(47)61)60-57(59-55)62-53-36-18-14-31-48(53)49-32-15-19-37-54(49)62/h1-37H. The average Bonchev–Trinajstić information content (AvgIpc) is 3.87. The van der Waals surface area contributed by atoms with Crippen LogP contribution in [0.25, 0.3) is 111 Å². The summed E-state index contributed by atoms with van der Waals surface area (Å²) < 4.78 is 4.37.